The van der Waals surface area contributed by atoms with Crippen molar-refractivity contribution in [3.63, 3.8) is 0 Å². The van der Waals surface area contributed by atoms with E-state index in [9.17, 15) is 0 Å². The van der Waals surface area contributed by atoms with Gasteiger partial charge in [-0.2, -0.15) is 4.98 Å². The number of fused-ring (bicyclic) bond motifs is 1. The Balaban J connectivity index is 1.72. The minimum absolute atomic E-state index is 0.590. The zero-order chi connectivity index (χ0) is 13.4. The molecule has 3 aromatic heterocycles. The van der Waals surface area contributed by atoms with E-state index in [1.165, 1.54) is 10.6 Å². The zero-order valence-electron chi connectivity index (χ0n) is 11.1. The first-order chi connectivity index (χ1) is 9.13. The highest BCUT2D eigenvalue weighted by molar-refractivity contribution is 7.17. The van der Waals surface area contributed by atoms with Crippen LogP contribution in [0.1, 0.15) is 28.0 Å². The van der Waals surface area contributed by atoms with Crippen LogP contribution in [0.3, 0.4) is 0 Å². The second kappa shape index (κ2) is 4.75. The highest BCUT2D eigenvalue weighted by Crippen LogP contribution is 2.20. The summed E-state index contributed by atoms with van der Waals surface area (Å²) in [6.07, 6.45) is 2.12. The summed E-state index contributed by atoms with van der Waals surface area (Å²) in [5.74, 6) is 1.27. The molecule has 3 aromatic rings. The van der Waals surface area contributed by atoms with Crippen molar-refractivity contribution < 1.29 is 4.52 Å². The van der Waals surface area contributed by atoms with Gasteiger partial charge in [-0.25, -0.2) is 4.98 Å². The number of thiazole rings is 1. The zero-order valence-corrected chi connectivity index (χ0v) is 11.9. The van der Waals surface area contributed by atoms with Crippen LogP contribution in [0, 0.1) is 20.8 Å². The maximum Gasteiger partial charge on any atom is 0.223 e. The van der Waals surface area contributed by atoms with Crippen LogP contribution in [0.2, 0.25) is 0 Å². The molecule has 7 heteroatoms. The maximum absolute atomic E-state index is 4.93. The van der Waals surface area contributed by atoms with Crippen molar-refractivity contribution in [1.82, 2.24) is 24.8 Å². The van der Waals surface area contributed by atoms with Crippen LogP contribution < -0.4 is 5.32 Å². The van der Waals surface area contributed by atoms with Crippen molar-refractivity contribution >= 4 is 16.3 Å². The normalized spacial score (nSPS) is 11.5. The van der Waals surface area contributed by atoms with E-state index in [0.29, 0.717) is 18.3 Å². The van der Waals surface area contributed by atoms with Gasteiger partial charge in [0.1, 0.15) is 0 Å². The molecular formula is C12H15N5OS. The second-order valence-electron chi connectivity index (χ2n) is 4.47. The molecule has 19 heavy (non-hydrogen) atoms. The number of imidazole rings is 1. The standard InChI is InChI=1S/C12H15N5OS/c1-7-6-17-10(8(2)14-12(17)19-7)4-13-5-11-15-9(3)18-16-11/h6,13H,4-5H2,1-3H3. The third-order valence-electron chi connectivity index (χ3n) is 2.89. The van der Waals surface area contributed by atoms with E-state index in [0.717, 1.165) is 17.2 Å². The van der Waals surface area contributed by atoms with E-state index in [1.807, 2.05) is 6.92 Å². The third kappa shape index (κ3) is 2.39. The summed E-state index contributed by atoms with van der Waals surface area (Å²) in [5.41, 5.74) is 2.24. The Morgan fingerprint density at radius 3 is 2.84 bits per heavy atom. The number of nitrogens with one attached hydrogen (secondary N) is 1. The molecule has 6 nitrogen and oxygen atoms in total. The number of rotatable bonds is 4. The van der Waals surface area contributed by atoms with Gasteiger partial charge >= 0.3 is 0 Å². The van der Waals surface area contributed by atoms with Gasteiger partial charge in [0.15, 0.2) is 10.8 Å². The number of aryl methyl sites for hydroxylation is 3. The van der Waals surface area contributed by atoms with Gasteiger partial charge < -0.3 is 9.84 Å². The summed E-state index contributed by atoms with van der Waals surface area (Å²) in [5, 5.41) is 7.17. The van der Waals surface area contributed by atoms with Crippen LogP contribution in [0.15, 0.2) is 10.7 Å². The molecule has 3 heterocycles. The van der Waals surface area contributed by atoms with Crippen LogP contribution in [-0.4, -0.2) is 19.5 Å². The molecule has 100 valence electrons. The summed E-state index contributed by atoms with van der Waals surface area (Å²) in [6.45, 7) is 7.23. The first kappa shape index (κ1) is 12.3. The number of hydrogen-bond donors (Lipinski definition) is 1. The molecule has 0 unspecified atom stereocenters. The van der Waals surface area contributed by atoms with Gasteiger partial charge in [0.05, 0.1) is 17.9 Å². The molecule has 0 amide bonds. The summed E-state index contributed by atoms with van der Waals surface area (Å²) < 4.78 is 7.08. The Labute approximate surface area is 114 Å². The summed E-state index contributed by atoms with van der Waals surface area (Å²) in [6, 6.07) is 0. The van der Waals surface area contributed by atoms with Crippen LogP contribution in [0.5, 0.6) is 0 Å². The van der Waals surface area contributed by atoms with Crippen molar-refractivity contribution in [2.75, 3.05) is 0 Å². The molecule has 0 aliphatic heterocycles. The molecule has 0 aliphatic rings. The van der Waals surface area contributed by atoms with Crippen molar-refractivity contribution in [1.29, 1.82) is 0 Å². The molecule has 0 aromatic carbocycles. The Bertz CT molecular complexity index is 711. The largest absolute Gasteiger partial charge is 0.340 e. The average molecular weight is 277 g/mol. The molecule has 0 atom stereocenters. The number of nitrogens with zero attached hydrogens (tertiary/aromatic N) is 4. The SMILES string of the molecule is Cc1nc(CNCc2c(C)nc3sc(C)cn23)no1. The van der Waals surface area contributed by atoms with Gasteiger partial charge in [-0.05, 0) is 13.8 Å². The van der Waals surface area contributed by atoms with E-state index in [4.69, 9.17) is 4.52 Å². The molecular weight excluding hydrogens is 262 g/mol. The molecule has 0 fully saturated rings. The first-order valence-electron chi connectivity index (χ1n) is 6.07. The van der Waals surface area contributed by atoms with Crippen LogP contribution >= 0.6 is 11.3 Å². The topological polar surface area (TPSA) is 68.2 Å². The summed E-state index contributed by atoms with van der Waals surface area (Å²) in [7, 11) is 0. The van der Waals surface area contributed by atoms with Crippen molar-refractivity contribution in [2.45, 2.75) is 33.9 Å². The summed E-state index contributed by atoms with van der Waals surface area (Å²) >= 11 is 1.70. The van der Waals surface area contributed by atoms with Gasteiger partial charge in [0, 0.05) is 24.5 Å². The van der Waals surface area contributed by atoms with E-state index in [2.05, 4.69) is 38.0 Å². The van der Waals surface area contributed by atoms with E-state index in [-0.39, 0.29) is 0 Å². The van der Waals surface area contributed by atoms with Gasteiger partial charge in [-0.15, -0.1) is 11.3 Å². The monoisotopic (exact) mass is 277 g/mol. The minimum Gasteiger partial charge on any atom is -0.340 e. The molecule has 0 radical (unpaired) electrons. The minimum atomic E-state index is 0.590. The molecule has 3 rings (SSSR count). The second-order valence-corrected chi connectivity index (χ2v) is 5.68. The lowest BCUT2D eigenvalue weighted by atomic mass is 10.3. The van der Waals surface area contributed by atoms with Crippen LogP contribution in [0.4, 0.5) is 0 Å². The van der Waals surface area contributed by atoms with Gasteiger partial charge in [0.25, 0.3) is 0 Å². The van der Waals surface area contributed by atoms with Gasteiger partial charge in [-0.1, -0.05) is 5.16 Å². The lowest BCUT2D eigenvalue weighted by Crippen LogP contribution is -2.15. The predicted octanol–water partition coefficient (Wildman–Crippen LogP) is 1.99. The molecule has 0 saturated heterocycles. The maximum atomic E-state index is 4.93. The molecule has 0 spiro atoms. The van der Waals surface area contributed by atoms with E-state index in [1.54, 1.807) is 18.3 Å². The van der Waals surface area contributed by atoms with Crippen molar-refractivity contribution in [3.05, 3.63) is 34.2 Å². The van der Waals surface area contributed by atoms with Crippen molar-refractivity contribution in [3.8, 4) is 0 Å². The molecule has 0 saturated carbocycles. The average Bonchev–Trinajstić information content (AvgIpc) is 2.97. The number of hydrogen-bond acceptors (Lipinski definition) is 6. The Morgan fingerprint density at radius 1 is 1.26 bits per heavy atom. The quantitative estimate of drug-likeness (QED) is 0.790. The molecule has 1 N–H and O–H groups in total. The van der Waals surface area contributed by atoms with E-state index < -0.39 is 0 Å². The Hall–Kier alpha value is -1.73. The fraction of sp³-hybridized carbons (Fsp3) is 0.417. The lowest BCUT2D eigenvalue weighted by Gasteiger charge is -2.02. The molecule has 0 bridgehead atoms. The lowest BCUT2D eigenvalue weighted by molar-refractivity contribution is 0.385. The van der Waals surface area contributed by atoms with E-state index >= 15 is 0 Å². The highest BCUT2D eigenvalue weighted by Gasteiger charge is 2.11. The fourth-order valence-electron chi connectivity index (χ4n) is 2.03. The van der Waals surface area contributed by atoms with Gasteiger partial charge in [0.2, 0.25) is 5.89 Å². The van der Waals surface area contributed by atoms with Gasteiger partial charge in [-0.3, -0.25) is 4.40 Å². The van der Waals surface area contributed by atoms with Crippen molar-refractivity contribution in [2.24, 2.45) is 0 Å². The Morgan fingerprint density at radius 2 is 2.11 bits per heavy atom. The first-order valence-corrected chi connectivity index (χ1v) is 6.89. The van der Waals surface area contributed by atoms with Crippen LogP contribution in [0.25, 0.3) is 4.96 Å². The summed E-state index contributed by atoms with van der Waals surface area (Å²) in [4.78, 5) is 11.0. The smallest absolute Gasteiger partial charge is 0.223 e. The fourth-order valence-corrected chi connectivity index (χ4v) is 2.92. The Kier molecular flexibility index (Phi) is 3.08. The predicted molar refractivity (Wildman–Crippen MR) is 72.1 cm³/mol. The van der Waals surface area contributed by atoms with Crippen LogP contribution in [-0.2, 0) is 13.1 Å². The molecule has 0 aliphatic carbocycles. The third-order valence-corrected chi connectivity index (χ3v) is 3.78. The highest BCUT2D eigenvalue weighted by atomic mass is 32.1. The number of aromatic nitrogens is 4.